The fourth-order valence-electron chi connectivity index (χ4n) is 1.21. The number of hydrogen-bond acceptors (Lipinski definition) is 3. The van der Waals surface area contributed by atoms with Crippen molar-refractivity contribution in [1.29, 1.82) is 0 Å². The van der Waals surface area contributed by atoms with Crippen molar-refractivity contribution in [3.8, 4) is 0 Å². The summed E-state index contributed by atoms with van der Waals surface area (Å²) < 4.78 is 0. The van der Waals surface area contributed by atoms with Crippen LogP contribution in [0.1, 0.15) is 20.3 Å². The van der Waals surface area contributed by atoms with E-state index in [1.165, 1.54) is 16.8 Å². The molecule has 1 unspecified atom stereocenters. The van der Waals surface area contributed by atoms with Crippen LogP contribution in [0.4, 0.5) is 4.79 Å². The topological polar surface area (TPSA) is 90.0 Å². The molecular weight excluding hydrogens is 238 g/mol. The second kappa shape index (κ2) is 7.52. The van der Waals surface area contributed by atoms with Gasteiger partial charge in [-0.2, -0.15) is 0 Å². The summed E-state index contributed by atoms with van der Waals surface area (Å²) in [5, 5.41) is 11.0. The molecule has 0 aliphatic carbocycles. The van der Waals surface area contributed by atoms with Gasteiger partial charge in [0.15, 0.2) is 0 Å². The third-order valence-corrected chi connectivity index (χ3v) is 2.57. The first-order valence-electron chi connectivity index (χ1n) is 5.78. The molecular formula is C11H21N3O4. The molecule has 18 heavy (non-hydrogen) atoms. The molecule has 0 aliphatic rings. The first-order valence-corrected chi connectivity index (χ1v) is 5.78. The molecule has 0 aromatic heterocycles. The average Bonchev–Trinajstić information content (AvgIpc) is 2.33. The highest BCUT2D eigenvalue weighted by Crippen LogP contribution is 1.95. The number of hydrogen-bond donors (Lipinski definition) is 2. The van der Waals surface area contributed by atoms with Gasteiger partial charge in [-0.25, -0.2) is 4.79 Å². The molecule has 0 heterocycles. The van der Waals surface area contributed by atoms with Crippen molar-refractivity contribution in [2.24, 2.45) is 0 Å². The fourth-order valence-corrected chi connectivity index (χ4v) is 1.21. The molecule has 7 nitrogen and oxygen atoms in total. The molecule has 1 atom stereocenters. The van der Waals surface area contributed by atoms with Gasteiger partial charge in [0.25, 0.3) is 0 Å². The Hall–Kier alpha value is -1.79. The first-order chi connectivity index (χ1) is 8.29. The molecule has 3 amide bonds. The van der Waals surface area contributed by atoms with E-state index in [1.54, 1.807) is 14.0 Å². The molecule has 2 N–H and O–H groups in total. The van der Waals surface area contributed by atoms with Crippen LogP contribution in [0.25, 0.3) is 0 Å². The molecule has 0 spiro atoms. The van der Waals surface area contributed by atoms with Crippen molar-refractivity contribution >= 4 is 17.9 Å². The maximum atomic E-state index is 11.7. The number of nitrogens with zero attached hydrogens (tertiary/aromatic N) is 2. The maximum absolute atomic E-state index is 11.7. The van der Waals surface area contributed by atoms with E-state index in [2.05, 4.69) is 5.32 Å². The quantitative estimate of drug-likeness (QED) is 0.701. The van der Waals surface area contributed by atoms with Gasteiger partial charge in [-0.1, -0.05) is 0 Å². The zero-order chi connectivity index (χ0) is 14.3. The maximum Gasteiger partial charge on any atom is 0.317 e. The summed E-state index contributed by atoms with van der Waals surface area (Å²) >= 11 is 0. The van der Waals surface area contributed by atoms with Crippen LogP contribution in [0, 0.1) is 0 Å². The molecule has 0 saturated carbocycles. The van der Waals surface area contributed by atoms with Gasteiger partial charge in [0, 0.05) is 27.2 Å². The Morgan fingerprint density at radius 1 is 1.22 bits per heavy atom. The van der Waals surface area contributed by atoms with Gasteiger partial charge in [-0.05, 0) is 13.8 Å². The Morgan fingerprint density at radius 2 is 1.78 bits per heavy atom. The zero-order valence-corrected chi connectivity index (χ0v) is 11.3. The Kier molecular flexibility index (Phi) is 6.77. The molecule has 0 aromatic rings. The molecule has 104 valence electrons. The summed E-state index contributed by atoms with van der Waals surface area (Å²) in [6.45, 7) is 4.10. The summed E-state index contributed by atoms with van der Waals surface area (Å²) in [6, 6.07) is -1.09. The van der Waals surface area contributed by atoms with Gasteiger partial charge in [0.1, 0.15) is 6.04 Å². The van der Waals surface area contributed by atoms with Crippen molar-refractivity contribution in [3.05, 3.63) is 0 Å². The highest BCUT2D eigenvalue weighted by Gasteiger charge is 2.20. The Balaban J connectivity index is 4.21. The average molecular weight is 259 g/mol. The molecule has 0 saturated heterocycles. The molecule has 7 heteroatoms. The first kappa shape index (κ1) is 16.2. The Morgan fingerprint density at radius 3 is 2.22 bits per heavy atom. The van der Waals surface area contributed by atoms with Crippen LogP contribution in [0.2, 0.25) is 0 Å². The number of carboxylic acid groups (broad SMARTS) is 1. The van der Waals surface area contributed by atoms with Crippen molar-refractivity contribution < 1.29 is 19.5 Å². The minimum Gasteiger partial charge on any atom is -0.481 e. The van der Waals surface area contributed by atoms with Crippen molar-refractivity contribution in [3.63, 3.8) is 0 Å². The molecule has 0 bridgehead atoms. The summed E-state index contributed by atoms with van der Waals surface area (Å²) in [5.41, 5.74) is 0. The van der Waals surface area contributed by atoms with E-state index in [0.29, 0.717) is 6.54 Å². The highest BCUT2D eigenvalue weighted by atomic mass is 16.4. The predicted octanol–water partition coefficient (Wildman–Crippen LogP) is -0.0307. The van der Waals surface area contributed by atoms with Crippen LogP contribution in [0.15, 0.2) is 0 Å². The second-order valence-corrected chi connectivity index (χ2v) is 4.09. The van der Waals surface area contributed by atoms with E-state index in [9.17, 15) is 14.4 Å². The SMILES string of the molecule is CCN(C)C(=O)C(C)NC(=O)N(C)CCC(=O)O. The van der Waals surface area contributed by atoms with E-state index in [1.807, 2.05) is 6.92 Å². The van der Waals surface area contributed by atoms with Gasteiger partial charge >= 0.3 is 12.0 Å². The van der Waals surface area contributed by atoms with E-state index in [-0.39, 0.29) is 18.9 Å². The number of carbonyl (C=O) groups is 3. The van der Waals surface area contributed by atoms with Crippen LogP contribution in [0.5, 0.6) is 0 Å². The Labute approximate surface area is 107 Å². The van der Waals surface area contributed by atoms with Crippen molar-refractivity contribution in [2.45, 2.75) is 26.3 Å². The van der Waals surface area contributed by atoms with Crippen LogP contribution in [-0.2, 0) is 9.59 Å². The third-order valence-electron chi connectivity index (χ3n) is 2.57. The second-order valence-electron chi connectivity index (χ2n) is 4.09. The predicted molar refractivity (Wildman–Crippen MR) is 66.2 cm³/mol. The minimum absolute atomic E-state index is 0.103. The number of carbonyl (C=O) groups excluding carboxylic acids is 2. The van der Waals surface area contributed by atoms with Gasteiger partial charge in [-0.15, -0.1) is 0 Å². The molecule has 0 aromatic carbocycles. The third kappa shape index (κ3) is 5.51. The number of rotatable bonds is 6. The molecule has 0 fully saturated rings. The lowest BCUT2D eigenvalue weighted by Crippen LogP contribution is -2.49. The zero-order valence-electron chi connectivity index (χ0n) is 11.3. The van der Waals surface area contributed by atoms with Crippen LogP contribution >= 0.6 is 0 Å². The van der Waals surface area contributed by atoms with E-state index < -0.39 is 18.0 Å². The van der Waals surface area contributed by atoms with Gasteiger partial charge in [0.05, 0.1) is 6.42 Å². The monoisotopic (exact) mass is 259 g/mol. The largest absolute Gasteiger partial charge is 0.481 e. The minimum atomic E-state index is -0.968. The van der Waals surface area contributed by atoms with E-state index in [4.69, 9.17) is 5.11 Å². The lowest BCUT2D eigenvalue weighted by Gasteiger charge is -2.23. The number of nitrogens with one attached hydrogen (secondary N) is 1. The lowest BCUT2D eigenvalue weighted by molar-refractivity contribution is -0.137. The standard InChI is InChI=1S/C11H21N3O4/c1-5-13(3)10(17)8(2)12-11(18)14(4)7-6-9(15)16/h8H,5-7H2,1-4H3,(H,12,18)(H,15,16). The van der Waals surface area contributed by atoms with Gasteiger partial charge in [0.2, 0.25) is 5.91 Å². The van der Waals surface area contributed by atoms with Crippen LogP contribution in [0.3, 0.4) is 0 Å². The fraction of sp³-hybridized carbons (Fsp3) is 0.727. The van der Waals surface area contributed by atoms with Gasteiger partial charge < -0.3 is 20.2 Å². The molecule has 0 radical (unpaired) electrons. The summed E-state index contributed by atoms with van der Waals surface area (Å²) in [7, 11) is 3.14. The molecule has 0 aliphatic heterocycles. The number of carboxylic acids is 1. The smallest absolute Gasteiger partial charge is 0.317 e. The Bertz CT molecular complexity index is 319. The van der Waals surface area contributed by atoms with Crippen molar-refractivity contribution in [1.82, 2.24) is 15.1 Å². The van der Waals surface area contributed by atoms with Crippen LogP contribution in [-0.4, -0.2) is 66.0 Å². The van der Waals surface area contributed by atoms with E-state index in [0.717, 1.165) is 0 Å². The summed E-state index contributed by atoms with van der Waals surface area (Å²) in [4.78, 5) is 36.4. The number of likely N-dealkylation sites (N-methyl/N-ethyl adjacent to an activating group) is 1. The number of amides is 3. The number of urea groups is 1. The van der Waals surface area contributed by atoms with Gasteiger partial charge in [-0.3, -0.25) is 9.59 Å². The number of aliphatic carboxylic acids is 1. The van der Waals surface area contributed by atoms with Crippen molar-refractivity contribution in [2.75, 3.05) is 27.2 Å². The van der Waals surface area contributed by atoms with E-state index >= 15 is 0 Å². The normalized spacial score (nSPS) is 11.6. The summed E-state index contributed by atoms with van der Waals surface area (Å²) in [6.07, 6.45) is -0.124. The lowest BCUT2D eigenvalue weighted by atomic mass is 10.3. The molecule has 0 rings (SSSR count). The highest BCUT2D eigenvalue weighted by molar-refractivity contribution is 5.86. The van der Waals surface area contributed by atoms with Crippen LogP contribution < -0.4 is 5.32 Å². The summed E-state index contributed by atoms with van der Waals surface area (Å²) in [5.74, 6) is -1.15.